The minimum Gasteiger partial charge on any atom is -0.504 e. The smallest absolute Gasteiger partial charge is 0.365 e. The highest BCUT2D eigenvalue weighted by atomic mass is 16.5. The largest absolute Gasteiger partial charge is 0.504 e. The molecule has 4 N–H and O–H groups in total. The number of hydrogen-bond acceptors (Lipinski definition) is 6. The third-order valence-corrected chi connectivity index (χ3v) is 4.19. The number of phenols is 1. The van der Waals surface area contributed by atoms with E-state index in [1.807, 2.05) is 13.8 Å². The van der Waals surface area contributed by atoms with Crippen molar-refractivity contribution in [2.45, 2.75) is 32.4 Å². The second-order valence-corrected chi connectivity index (χ2v) is 5.91. The average molecular weight is 337 g/mol. The highest BCUT2D eigenvalue weighted by molar-refractivity contribution is 5.95. The van der Waals surface area contributed by atoms with Crippen LogP contribution >= 0.6 is 0 Å². The number of aliphatic imine (C=N–C) groups is 1. The zero-order valence-corrected chi connectivity index (χ0v) is 14.3. The van der Waals surface area contributed by atoms with Gasteiger partial charge in [-0.25, -0.2) is 9.79 Å². The van der Waals surface area contributed by atoms with Crippen LogP contribution in [0.25, 0.3) is 0 Å². The topological polar surface area (TPSA) is 105 Å². The van der Waals surface area contributed by atoms with Gasteiger partial charge in [0.1, 0.15) is 19.3 Å². The minimum atomic E-state index is -0.373. The molecule has 1 aromatic carbocycles. The summed E-state index contributed by atoms with van der Waals surface area (Å²) in [5.41, 5.74) is 4.57. The van der Waals surface area contributed by atoms with Crippen molar-refractivity contribution in [1.82, 2.24) is 0 Å². The summed E-state index contributed by atoms with van der Waals surface area (Å²) < 4.78 is 15.9. The number of carbonyl (C=O) groups is 1. The first-order chi connectivity index (χ1) is 11.5. The second-order valence-electron chi connectivity index (χ2n) is 5.91. The SMILES string of the molecule is CCC(C)[C@H]([NH3+])C(=O)OC[C@H]1COC(c2ccc(O)c(OC)c2)=N1. The van der Waals surface area contributed by atoms with E-state index in [1.54, 1.807) is 12.1 Å². The van der Waals surface area contributed by atoms with Crippen molar-refractivity contribution in [3.8, 4) is 11.5 Å². The molecule has 0 saturated heterocycles. The van der Waals surface area contributed by atoms with Crippen LogP contribution in [0, 0.1) is 5.92 Å². The van der Waals surface area contributed by atoms with E-state index < -0.39 is 0 Å². The monoisotopic (exact) mass is 337 g/mol. The molecule has 7 nitrogen and oxygen atoms in total. The number of nitrogens with zero attached hydrogens (tertiary/aromatic N) is 1. The predicted octanol–water partition coefficient (Wildman–Crippen LogP) is 0.746. The standard InChI is InChI=1S/C17H24N2O5/c1-4-10(2)15(18)17(21)24-9-12-8-23-16(19-12)11-5-6-13(20)14(7-11)22-3/h5-7,10,12,15,20H,4,8-9,18H2,1-3H3/p+1/t10?,12-,15+/m1/s1. The van der Waals surface area contributed by atoms with Gasteiger partial charge in [0.15, 0.2) is 17.5 Å². The Hall–Kier alpha value is -2.28. The molecule has 0 amide bonds. The van der Waals surface area contributed by atoms with Crippen LogP contribution in [-0.2, 0) is 14.3 Å². The van der Waals surface area contributed by atoms with Gasteiger partial charge in [-0.05, 0) is 24.6 Å². The maximum absolute atomic E-state index is 12.0. The van der Waals surface area contributed by atoms with Gasteiger partial charge in [0.2, 0.25) is 5.90 Å². The van der Waals surface area contributed by atoms with E-state index in [0.717, 1.165) is 6.42 Å². The van der Waals surface area contributed by atoms with Crippen LogP contribution in [0.2, 0.25) is 0 Å². The van der Waals surface area contributed by atoms with Gasteiger partial charge in [0, 0.05) is 11.5 Å². The van der Waals surface area contributed by atoms with Gasteiger partial charge in [0.05, 0.1) is 7.11 Å². The summed E-state index contributed by atoms with van der Waals surface area (Å²) >= 11 is 0. The molecule has 0 aliphatic carbocycles. The Kier molecular flexibility index (Phi) is 6.03. The lowest BCUT2D eigenvalue weighted by Crippen LogP contribution is -2.68. The summed E-state index contributed by atoms with van der Waals surface area (Å²) in [5, 5.41) is 9.62. The normalized spacial score (nSPS) is 19.2. The fourth-order valence-corrected chi connectivity index (χ4v) is 2.27. The van der Waals surface area contributed by atoms with E-state index in [2.05, 4.69) is 10.7 Å². The summed E-state index contributed by atoms with van der Waals surface area (Å²) in [7, 11) is 1.48. The molecule has 24 heavy (non-hydrogen) atoms. The predicted molar refractivity (Wildman–Crippen MR) is 88.0 cm³/mol. The lowest BCUT2D eigenvalue weighted by Gasteiger charge is -2.14. The van der Waals surface area contributed by atoms with Gasteiger partial charge in [-0.15, -0.1) is 0 Å². The molecule has 1 aliphatic heterocycles. The highest BCUT2D eigenvalue weighted by Gasteiger charge is 2.27. The number of phenolic OH excluding ortho intramolecular Hbond substituents is 1. The van der Waals surface area contributed by atoms with Crippen LogP contribution in [0.5, 0.6) is 11.5 Å². The van der Waals surface area contributed by atoms with Crippen molar-refractivity contribution in [2.75, 3.05) is 20.3 Å². The van der Waals surface area contributed by atoms with Crippen LogP contribution in [0.3, 0.4) is 0 Å². The van der Waals surface area contributed by atoms with E-state index >= 15 is 0 Å². The molecule has 132 valence electrons. The number of methoxy groups -OCH3 is 1. The average Bonchev–Trinajstić information content (AvgIpc) is 3.07. The van der Waals surface area contributed by atoms with E-state index in [9.17, 15) is 9.90 Å². The molecule has 1 aromatic rings. The van der Waals surface area contributed by atoms with Crippen LogP contribution in [0.15, 0.2) is 23.2 Å². The van der Waals surface area contributed by atoms with Gasteiger partial charge in [0.25, 0.3) is 0 Å². The number of ether oxygens (including phenoxy) is 3. The number of aromatic hydroxyl groups is 1. The molecule has 0 bridgehead atoms. The third kappa shape index (κ3) is 4.17. The zero-order valence-electron chi connectivity index (χ0n) is 14.3. The quantitative estimate of drug-likeness (QED) is 0.714. The molecule has 3 atom stereocenters. The van der Waals surface area contributed by atoms with E-state index in [-0.39, 0.29) is 36.3 Å². The summed E-state index contributed by atoms with van der Waals surface area (Å²) in [5.74, 6) is 0.724. The van der Waals surface area contributed by atoms with Crippen molar-refractivity contribution >= 4 is 11.9 Å². The first-order valence-electron chi connectivity index (χ1n) is 8.04. The van der Waals surface area contributed by atoms with Gasteiger partial charge in [-0.1, -0.05) is 13.8 Å². The summed E-state index contributed by atoms with van der Waals surface area (Å²) in [6, 6.07) is 4.25. The number of quaternary nitrogens is 1. The molecule has 0 aromatic heterocycles. The maximum atomic E-state index is 12.0. The Morgan fingerprint density at radius 1 is 1.54 bits per heavy atom. The van der Waals surface area contributed by atoms with Crippen molar-refractivity contribution in [3.63, 3.8) is 0 Å². The number of benzene rings is 1. The minimum absolute atomic E-state index is 0.0526. The van der Waals surface area contributed by atoms with Crippen molar-refractivity contribution < 1.29 is 29.8 Å². The van der Waals surface area contributed by atoms with E-state index in [0.29, 0.717) is 23.8 Å². The molecular formula is C17H25N2O5+. The van der Waals surface area contributed by atoms with Gasteiger partial charge < -0.3 is 25.1 Å². The first kappa shape index (κ1) is 18.1. The Labute approximate surface area is 141 Å². The third-order valence-electron chi connectivity index (χ3n) is 4.19. The first-order valence-corrected chi connectivity index (χ1v) is 8.04. The van der Waals surface area contributed by atoms with Crippen LogP contribution in [-0.4, -0.2) is 49.4 Å². The molecule has 1 unspecified atom stereocenters. The molecule has 1 heterocycles. The van der Waals surface area contributed by atoms with Gasteiger partial charge >= 0.3 is 5.97 Å². The summed E-state index contributed by atoms with van der Waals surface area (Å²) in [4.78, 5) is 16.4. The fourth-order valence-electron chi connectivity index (χ4n) is 2.27. The lowest BCUT2D eigenvalue weighted by atomic mass is 10.0. The Morgan fingerprint density at radius 2 is 2.29 bits per heavy atom. The lowest BCUT2D eigenvalue weighted by molar-refractivity contribution is -0.420. The number of hydrogen-bond donors (Lipinski definition) is 2. The van der Waals surface area contributed by atoms with Crippen LogP contribution in [0.1, 0.15) is 25.8 Å². The molecule has 7 heteroatoms. The highest BCUT2D eigenvalue weighted by Crippen LogP contribution is 2.27. The van der Waals surface area contributed by atoms with E-state index in [4.69, 9.17) is 14.2 Å². The van der Waals surface area contributed by atoms with Crippen LogP contribution < -0.4 is 10.5 Å². The summed E-state index contributed by atoms with van der Waals surface area (Å²) in [6.45, 7) is 4.51. The number of carbonyl (C=O) groups excluding carboxylic acids is 1. The Balaban J connectivity index is 1.95. The molecule has 0 fully saturated rings. The van der Waals surface area contributed by atoms with E-state index in [1.165, 1.54) is 13.2 Å². The molecule has 0 radical (unpaired) electrons. The van der Waals surface area contributed by atoms with Crippen molar-refractivity contribution in [1.29, 1.82) is 0 Å². The van der Waals surface area contributed by atoms with Crippen molar-refractivity contribution in [2.24, 2.45) is 10.9 Å². The number of esters is 1. The number of rotatable bonds is 7. The summed E-state index contributed by atoms with van der Waals surface area (Å²) in [6.07, 6.45) is 0.876. The van der Waals surface area contributed by atoms with Gasteiger partial charge in [-0.2, -0.15) is 0 Å². The molecule has 1 aliphatic rings. The van der Waals surface area contributed by atoms with Crippen molar-refractivity contribution in [3.05, 3.63) is 23.8 Å². The molecule has 0 saturated carbocycles. The molecular weight excluding hydrogens is 312 g/mol. The Morgan fingerprint density at radius 3 is 2.96 bits per heavy atom. The second kappa shape index (κ2) is 8.01. The maximum Gasteiger partial charge on any atom is 0.365 e. The Bertz CT molecular complexity index is 617. The fraction of sp³-hybridized carbons (Fsp3) is 0.529. The van der Waals surface area contributed by atoms with Crippen LogP contribution in [0.4, 0.5) is 0 Å². The van der Waals surface area contributed by atoms with Gasteiger partial charge in [-0.3, -0.25) is 0 Å². The molecule has 2 rings (SSSR count). The molecule has 0 spiro atoms. The zero-order chi connectivity index (χ0) is 17.7.